The summed E-state index contributed by atoms with van der Waals surface area (Å²) in [6.45, 7) is 4.01. The fourth-order valence-electron chi connectivity index (χ4n) is 1.38. The number of carbonyl (C=O) groups is 1. The van der Waals surface area contributed by atoms with Gasteiger partial charge in [-0.25, -0.2) is 0 Å². The first-order valence-electron chi connectivity index (χ1n) is 5.45. The van der Waals surface area contributed by atoms with Crippen LogP contribution in [-0.4, -0.2) is 42.5 Å². The highest BCUT2D eigenvalue weighted by molar-refractivity contribution is 5.75. The predicted molar refractivity (Wildman–Crippen MR) is 58.3 cm³/mol. The lowest BCUT2D eigenvalue weighted by Gasteiger charge is -2.15. The zero-order valence-corrected chi connectivity index (χ0v) is 9.46. The van der Waals surface area contributed by atoms with Crippen molar-refractivity contribution in [2.45, 2.75) is 39.0 Å². The van der Waals surface area contributed by atoms with Crippen LogP contribution in [0.4, 0.5) is 0 Å². The molecule has 0 heterocycles. The van der Waals surface area contributed by atoms with Crippen LogP contribution in [0.15, 0.2) is 0 Å². The molecule has 0 aromatic rings. The van der Waals surface area contributed by atoms with Crippen molar-refractivity contribution >= 4 is 5.78 Å². The van der Waals surface area contributed by atoms with Gasteiger partial charge in [0.1, 0.15) is 5.78 Å². The number of aliphatic hydroxyl groups excluding tert-OH is 1. The number of Topliss-reactive ketones (excluding diaryl/α,β-unsaturated/α-hetero) is 1. The van der Waals surface area contributed by atoms with Crippen molar-refractivity contribution in [1.82, 2.24) is 4.90 Å². The summed E-state index contributed by atoms with van der Waals surface area (Å²) < 4.78 is 0. The normalized spacial score (nSPS) is 10.9. The van der Waals surface area contributed by atoms with Crippen LogP contribution in [0, 0.1) is 0 Å². The molecule has 0 saturated carbocycles. The van der Waals surface area contributed by atoms with E-state index in [9.17, 15) is 4.79 Å². The van der Waals surface area contributed by atoms with Crippen molar-refractivity contribution in [3.63, 3.8) is 0 Å². The zero-order chi connectivity index (χ0) is 10.8. The van der Waals surface area contributed by atoms with E-state index in [1.165, 1.54) is 0 Å². The molecule has 0 aliphatic rings. The summed E-state index contributed by atoms with van der Waals surface area (Å²) in [6.07, 6.45) is 4.79. The van der Waals surface area contributed by atoms with Gasteiger partial charge < -0.3 is 14.8 Å². The van der Waals surface area contributed by atoms with E-state index in [0.29, 0.717) is 13.0 Å². The van der Waals surface area contributed by atoms with Crippen LogP contribution in [0.5, 0.6) is 0 Å². The second kappa shape index (κ2) is 9.16. The molecule has 0 radical (unpaired) electrons. The molecule has 0 atom stereocenters. The Bertz CT molecular complexity index is 148. The fraction of sp³-hybridized carbons (Fsp3) is 0.909. The molecule has 14 heavy (non-hydrogen) atoms. The second-order valence-corrected chi connectivity index (χ2v) is 3.89. The standard InChI is InChI=1S/C11H23NO2/c1-11(14)7-6-9-12(2)8-4-3-5-10-13/h13H,3-10H2,1-2H3. The third-order valence-electron chi connectivity index (χ3n) is 2.27. The molecule has 3 heteroatoms. The fourth-order valence-corrected chi connectivity index (χ4v) is 1.38. The van der Waals surface area contributed by atoms with Gasteiger partial charge in [0.2, 0.25) is 0 Å². The average Bonchev–Trinajstić information content (AvgIpc) is 2.12. The van der Waals surface area contributed by atoms with Gasteiger partial charge in [-0.1, -0.05) is 0 Å². The topological polar surface area (TPSA) is 40.5 Å². The number of nitrogens with zero attached hydrogens (tertiary/aromatic N) is 1. The van der Waals surface area contributed by atoms with Gasteiger partial charge in [0, 0.05) is 13.0 Å². The van der Waals surface area contributed by atoms with E-state index in [-0.39, 0.29) is 5.78 Å². The highest BCUT2D eigenvalue weighted by Gasteiger charge is 1.99. The van der Waals surface area contributed by atoms with E-state index < -0.39 is 0 Å². The Kier molecular flexibility index (Phi) is 8.89. The first-order chi connectivity index (χ1) is 6.66. The van der Waals surface area contributed by atoms with Crippen LogP contribution in [0.1, 0.15) is 39.0 Å². The molecule has 0 spiro atoms. The molecule has 3 nitrogen and oxygen atoms in total. The third kappa shape index (κ3) is 9.68. The summed E-state index contributed by atoms with van der Waals surface area (Å²) in [5.41, 5.74) is 0. The van der Waals surface area contributed by atoms with Crippen molar-refractivity contribution in [3.8, 4) is 0 Å². The third-order valence-corrected chi connectivity index (χ3v) is 2.27. The van der Waals surface area contributed by atoms with E-state index in [0.717, 1.165) is 38.8 Å². The van der Waals surface area contributed by atoms with Crippen molar-refractivity contribution in [2.75, 3.05) is 26.7 Å². The molecule has 0 fully saturated rings. The van der Waals surface area contributed by atoms with Crippen LogP contribution in [0.2, 0.25) is 0 Å². The summed E-state index contributed by atoms with van der Waals surface area (Å²) in [6, 6.07) is 0. The number of rotatable bonds is 9. The van der Waals surface area contributed by atoms with Crippen molar-refractivity contribution in [3.05, 3.63) is 0 Å². The van der Waals surface area contributed by atoms with Crippen molar-refractivity contribution in [1.29, 1.82) is 0 Å². The number of carbonyl (C=O) groups excluding carboxylic acids is 1. The zero-order valence-electron chi connectivity index (χ0n) is 9.46. The maximum Gasteiger partial charge on any atom is 0.129 e. The number of ketones is 1. The van der Waals surface area contributed by atoms with Gasteiger partial charge >= 0.3 is 0 Å². The first kappa shape index (κ1) is 13.6. The molecule has 0 bridgehead atoms. The van der Waals surface area contributed by atoms with E-state index in [1.54, 1.807) is 6.92 Å². The van der Waals surface area contributed by atoms with E-state index in [1.807, 2.05) is 0 Å². The van der Waals surface area contributed by atoms with Gasteiger partial charge in [0.05, 0.1) is 0 Å². The molecule has 84 valence electrons. The van der Waals surface area contributed by atoms with E-state index in [2.05, 4.69) is 11.9 Å². The molecule has 1 N–H and O–H groups in total. The van der Waals surface area contributed by atoms with Gasteiger partial charge in [-0.3, -0.25) is 0 Å². The maximum absolute atomic E-state index is 10.7. The Morgan fingerprint density at radius 3 is 2.36 bits per heavy atom. The van der Waals surface area contributed by atoms with Gasteiger partial charge in [0.25, 0.3) is 0 Å². The van der Waals surface area contributed by atoms with E-state index >= 15 is 0 Å². The average molecular weight is 201 g/mol. The van der Waals surface area contributed by atoms with Crippen LogP contribution in [0.3, 0.4) is 0 Å². The molecule has 0 unspecified atom stereocenters. The highest BCUT2D eigenvalue weighted by atomic mass is 16.2. The summed E-state index contributed by atoms with van der Waals surface area (Å²) >= 11 is 0. The minimum absolute atomic E-state index is 0.277. The quantitative estimate of drug-likeness (QED) is 0.574. The van der Waals surface area contributed by atoms with Crippen LogP contribution in [0.25, 0.3) is 0 Å². The number of unbranched alkanes of at least 4 members (excludes halogenated alkanes) is 2. The summed E-state index contributed by atoms with van der Waals surface area (Å²) in [5, 5.41) is 8.58. The summed E-state index contributed by atoms with van der Waals surface area (Å²) in [7, 11) is 2.08. The predicted octanol–water partition coefficient (Wildman–Crippen LogP) is 1.45. The van der Waals surface area contributed by atoms with Gasteiger partial charge in [-0.15, -0.1) is 0 Å². The van der Waals surface area contributed by atoms with Crippen molar-refractivity contribution < 1.29 is 9.90 Å². The number of hydrogen-bond acceptors (Lipinski definition) is 3. The molecule has 0 aromatic carbocycles. The molecule has 0 amide bonds. The lowest BCUT2D eigenvalue weighted by molar-refractivity contribution is -0.117. The SMILES string of the molecule is CC(=O)CCCN(C)CCCCCO. The lowest BCUT2D eigenvalue weighted by atomic mass is 10.2. The monoisotopic (exact) mass is 201 g/mol. The molecule has 0 rings (SSSR count). The molecule has 0 aromatic heterocycles. The Balaban J connectivity index is 3.19. The minimum atomic E-state index is 0.277. The molecular formula is C11H23NO2. The Morgan fingerprint density at radius 1 is 1.14 bits per heavy atom. The number of aliphatic hydroxyl groups is 1. The van der Waals surface area contributed by atoms with E-state index in [4.69, 9.17) is 5.11 Å². The van der Waals surface area contributed by atoms with Crippen LogP contribution in [-0.2, 0) is 4.79 Å². The maximum atomic E-state index is 10.7. The second-order valence-electron chi connectivity index (χ2n) is 3.89. The molecule has 0 saturated heterocycles. The molecule has 0 aliphatic heterocycles. The van der Waals surface area contributed by atoms with Gasteiger partial charge in [0.15, 0.2) is 0 Å². The smallest absolute Gasteiger partial charge is 0.129 e. The van der Waals surface area contributed by atoms with Crippen LogP contribution < -0.4 is 0 Å². The largest absolute Gasteiger partial charge is 0.396 e. The summed E-state index contributed by atoms with van der Waals surface area (Å²) in [4.78, 5) is 12.9. The van der Waals surface area contributed by atoms with Crippen LogP contribution >= 0.6 is 0 Å². The Hall–Kier alpha value is -0.410. The lowest BCUT2D eigenvalue weighted by Crippen LogP contribution is -2.21. The summed E-state index contributed by atoms with van der Waals surface area (Å²) in [5.74, 6) is 0.277. The Labute approximate surface area is 87.1 Å². The molecular weight excluding hydrogens is 178 g/mol. The van der Waals surface area contributed by atoms with Crippen molar-refractivity contribution in [2.24, 2.45) is 0 Å². The Morgan fingerprint density at radius 2 is 1.79 bits per heavy atom. The van der Waals surface area contributed by atoms with Gasteiger partial charge in [-0.05, 0) is 52.7 Å². The minimum Gasteiger partial charge on any atom is -0.396 e. The molecule has 0 aliphatic carbocycles. The highest BCUT2D eigenvalue weighted by Crippen LogP contribution is 1.99. The first-order valence-corrected chi connectivity index (χ1v) is 5.45. The van der Waals surface area contributed by atoms with Gasteiger partial charge in [-0.2, -0.15) is 0 Å². The number of hydrogen-bond donors (Lipinski definition) is 1.